The molecule has 0 atom stereocenters. The monoisotopic (exact) mass is 318 g/mol. The number of benzene rings is 2. The van der Waals surface area contributed by atoms with Gasteiger partial charge in [-0.3, -0.25) is 4.79 Å². The van der Waals surface area contributed by atoms with Crippen molar-refractivity contribution in [2.75, 3.05) is 6.61 Å². The van der Waals surface area contributed by atoms with Gasteiger partial charge in [-0.05, 0) is 43.2 Å². The number of nitrogens with zero attached hydrogens (tertiary/aromatic N) is 1. The lowest BCUT2D eigenvalue weighted by Crippen LogP contribution is -2.24. The molecule has 23 heavy (non-hydrogen) atoms. The Morgan fingerprint density at radius 3 is 2.61 bits per heavy atom. The highest BCUT2D eigenvalue weighted by Crippen LogP contribution is 2.18. The van der Waals surface area contributed by atoms with E-state index in [2.05, 4.69) is 10.5 Å². The molecular weight excluding hydrogens is 302 g/mol. The molecule has 4 nitrogen and oxygen atoms in total. The van der Waals surface area contributed by atoms with E-state index in [1.165, 1.54) is 6.07 Å². The molecule has 0 saturated heterocycles. The smallest absolute Gasteiger partial charge is 0.277 e. The van der Waals surface area contributed by atoms with Gasteiger partial charge in [-0.2, -0.15) is 5.10 Å². The normalized spacial score (nSPS) is 10.8. The summed E-state index contributed by atoms with van der Waals surface area (Å²) in [5, 5.41) is 3.53. The van der Waals surface area contributed by atoms with Gasteiger partial charge in [-0.15, -0.1) is 0 Å². The van der Waals surface area contributed by atoms with Gasteiger partial charge in [-0.1, -0.05) is 18.2 Å². The second-order valence-corrected chi connectivity index (χ2v) is 4.99. The van der Waals surface area contributed by atoms with E-state index in [0.29, 0.717) is 5.75 Å². The second-order valence-electron chi connectivity index (χ2n) is 4.99. The number of carbonyl (C=O) groups excluding carboxylic acids is 1. The highest BCUT2D eigenvalue weighted by atomic mass is 19.1. The van der Waals surface area contributed by atoms with Crippen molar-refractivity contribution in [2.45, 2.75) is 13.8 Å². The van der Waals surface area contributed by atoms with Gasteiger partial charge in [0, 0.05) is 0 Å². The van der Waals surface area contributed by atoms with Crippen LogP contribution in [-0.2, 0) is 4.79 Å². The molecule has 1 amide bonds. The van der Waals surface area contributed by atoms with Gasteiger partial charge < -0.3 is 4.74 Å². The average Bonchev–Trinajstić information content (AvgIpc) is 2.51. The number of halogens is 2. The first-order chi connectivity index (χ1) is 11.0. The molecule has 2 aromatic carbocycles. The third-order valence-electron chi connectivity index (χ3n) is 3.09. The number of hydrazone groups is 1. The number of hydrogen-bond donors (Lipinski definition) is 1. The number of ether oxygens (including phenoxy) is 1. The van der Waals surface area contributed by atoms with Gasteiger partial charge in [0.2, 0.25) is 0 Å². The Morgan fingerprint density at radius 1 is 1.22 bits per heavy atom. The van der Waals surface area contributed by atoms with Crippen LogP contribution in [-0.4, -0.2) is 18.7 Å². The maximum absolute atomic E-state index is 13.4. The van der Waals surface area contributed by atoms with Crippen molar-refractivity contribution in [1.82, 2.24) is 5.43 Å². The van der Waals surface area contributed by atoms with Gasteiger partial charge in [0.15, 0.2) is 6.61 Å². The first kappa shape index (κ1) is 16.6. The van der Waals surface area contributed by atoms with Crippen LogP contribution in [0.2, 0.25) is 0 Å². The van der Waals surface area contributed by atoms with Crippen molar-refractivity contribution in [3.8, 4) is 5.75 Å². The van der Waals surface area contributed by atoms with Gasteiger partial charge in [0.1, 0.15) is 17.4 Å². The lowest BCUT2D eigenvalue weighted by molar-refractivity contribution is -0.123. The molecule has 0 bridgehead atoms. The summed E-state index contributed by atoms with van der Waals surface area (Å²) in [5.74, 6) is -1.44. The molecule has 0 radical (unpaired) electrons. The van der Waals surface area contributed by atoms with Crippen molar-refractivity contribution >= 4 is 12.1 Å². The molecule has 0 aromatic heterocycles. The van der Waals surface area contributed by atoms with E-state index >= 15 is 0 Å². The molecule has 6 heteroatoms. The Bertz CT molecular complexity index is 725. The molecule has 0 aliphatic carbocycles. The molecule has 0 aliphatic rings. The summed E-state index contributed by atoms with van der Waals surface area (Å²) < 4.78 is 32.1. The molecule has 0 saturated carbocycles. The molecule has 0 unspecified atom stereocenters. The van der Waals surface area contributed by atoms with Crippen LogP contribution in [0.15, 0.2) is 41.5 Å². The Morgan fingerprint density at radius 2 is 1.91 bits per heavy atom. The van der Waals surface area contributed by atoms with E-state index in [4.69, 9.17) is 4.74 Å². The van der Waals surface area contributed by atoms with Crippen molar-refractivity contribution < 1.29 is 18.3 Å². The lowest BCUT2D eigenvalue weighted by atomic mass is 10.1. The zero-order chi connectivity index (χ0) is 16.8. The number of hydrogen-bond acceptors (Lipinski definition) is 3. The Hall–Kier alpha value is -2.76. The summed E-state index contributed by atoms with van der Waals surface area (Å²) in [5.41, 5.74) is 3.76. The fraction of sp³-hybridized carbons (Fsp3) is 0.176. The van der Waals surface area contributed by atoms with Crippen LogP contribution >= 0.6 is 0 Å². The highest BCUT2D eigenvalue weighted by Gasteiger charge is 2.07. The summed E-state index contributed by atoms with van der Waals surface area (Å²) in [6.07, 6.45) is 0.917. The summed E-state index contributed by atoms with van der Waals surface area (Å²) in [7, 11) is 0. The quantitative estimate of drug-likeness (QED) is 0.680. The minimum absolute atomic E-state index is 0.249. The Kier molecular flexibility index (Phi) is 5.41. The number of nitrogens with one attached hydrogen (secondary N) is 1. The molecule has 1 N–H and O–H groups in total. The minimum atomic E-state index is -0.755. The summed E-state index contributed by atoms with van der Waals surface area (Å²) in [6, 6.07) is 9.11. The topological polar surface area (TPSA) is 50.7 Å². The lowest BCUT2D eigenvalue weighted by Gasteiger charge is -2.08. The zero-order valence-electron chi connectivity index (χ0n) is 12.8. The van der Waals surface area contributed by atoms with Gasteiger partial charge >= 0.3 is 0 Å². The van der Waals surface area contributed by atoms with E-state index < -0.39 is 17.5 Å². The molecular formula is C17H16F2N2O2. The number of carbonyl (C=O) groups is 1. The third kappa shape index (κ3) is 4.60. The summed E-state index contributed by atoms with van der Waals surface area (Å²) in [4.78, 5) is 11.6. The van der Waals surface area contributed by atoms with Gasteiger partial charge in [0.05, 0.1) is 11.8 Å². The van der Waals surface area contributed by atoms with E-state index in [1.54, 1.807) is 0 Å². The van der Waals surface area contributed by atoms with Crippen molar-refractivity contribution in [2.24, 2.45) is 5.10 Å². The van der Waals surface area contributed by atoms with E-state index in [1.807, 2.05) is 32.0 Å². The predicted octanol–water partition coefficient (Wildman–Crippen LogP) is 3.11. The second kappa shape index (κ2) is 7.49. The first-order valence-electron chi connectivity index (χ1n) is 6.93. The third-order valence-corrected chi connectivity index (χ3v) is 3.09. The maximum atomic E-state index is 13.4. The molecule has 2 rings (SSSR count). The molecule has 2 aromatic rings. The standard InChI is InChI=1S/C17H16F2N2O2/c1-11-6-7-12(2)16(8-11)23-10-17(22)21-20-9-13-14(18)4-3-5-15(13)19/h3-9H,10H2,1-2H3,(H,21,22)/b20-9-. The number of aryl methyl sites for hydroxylation is 2. The van der Waals surface area contributed by atoms with Crippen molar-refractivity contribution in [3.05, 3.63) is 64.7 Å². The van der Waals surface area contributed by atoms with Crippen molar-refractivity contribution in [3.63, 3.8) is 0 Å². The largest absolute Gasteiger partial charge is 0.483 e. The Balaban J connectivity index is 1.90. The predicted molar refractivity (Wildman–Crippen MR) is 83.5 cm³/mol. The van der Waals surface area contributed by atoms with Crippen LogP contribution < -0.4 is 10.2 Å². The van der Waals surface area contributed by atoms with Crippen LogP contribution in [0.1, 0.15) is 16.7 Å². The maximum Gasteiger partial charge on any atom is 0.277 e. The number of amides is 1. The van der Waals surface area contributed by atoms with Gasteiger partial charge in [-0.25, -0.2) is 14.2 Å². The average molecular weight is 318 g/mol. The Labute approximate surface area is 132 Å². The fourth-order valence-corrected chi connectivity index (χ4v) is 1.84. The van der Waals surface area contributed by atoms with Crippen LogP contribution in [0.3, 0.4) is 0 Å². The molecule has 0 spiro atoms. The molecule has 0 fully saturated rings. The van der Waals surface area contributed by atoms with Crippen LogP contribution in [0.4, 0.5) is 8.78 Å². The van der Waals surface area contributed by atoms with Crippen LogP contribution in [0.25, 0.3) is 0 Å². The molecule has 120 valence electrons. The highest BCUT2D eigenvalue weighted by molar-refractivity contribution is 5.83. The molecule has 0 aliphatic heterocycles. The number of rotatable bonds is 5. The summed E-state index contributed by atoms with van der Waals surface area (Å²) in [6.45, 7) is 3.53. The van der Waals surface area contributed by atoms with Crippen LogP contribution in [0, 0.1) is 25.5 Å². The summed E-state index contributed by atoms with van der Waals surface area (Å²) >= 11 is 0. The van der Waals surface area contributed by atoms with Crippen molar-refractivity contribution in [1.29, 1.82) is 0 Å². The SMILES string of the molecule is Cc1ccc(C)c(OCC(=O)N/N=C\c2c(F)cccc2F)c1. The van der Waals surface area contributed by atoms with E-state index in [-0.39, 0.29) is 12.2 Å². The van der Waals surface area contributed by atoms with E-state index in [9.17, 15) is 13.6 Å². The van der Waals surface area contributed by atoms with Gasteiger partial charge in [0.25, 0.3) is 5.91 Å². The fourth-order valence-electron chi connectivity index (χ4n) is 1.84. The van der Waals surface area contributed by atoms with E-state index in [0.717, 1.165) is 29.5 Å². The minimum Gasteiger partial charge on any atom is -0.483 e. The first-order valence-corrected chi connectivity index (χ1v) is 6.93. The van der Waals surface area contributed by atoms with Crippen LogP contribution in [0.5, 0.6) is 5.75 Å². The zero-order valence-corrected chi connectivity index (χ0v) is 12.8. The molecule has 0 heterocycles.